The summed E-state index contributed by atoms with van der Waals surface area (Å²) in [4.78, 5) is 41.7. The molecule has 150 valence electrons. The number of hydrogen-bond donors (Lipinski definition) is 2. The average Bonchev–Trinajstić information content (AvgIpc) is 3.47. The number of anilines is 1. The van der Waals surface area contributed by atoms with Crippen LogP contribution in [0.3, 0.4) is 0 Å². The molecule has 0 radical (unpaired) electrons. The first-order chi connectivity index (χ1) is 13.5. The van der Waals surface area contributed by atoms with Gasteiger partial charge in [0.25, 0.3) is 0 Å². The highest BCUT2D eigenvalue weighted by atomic mass is 35.5. The summed E-state index contributed by atoms with van der Waals surface area (Å²) in [6.07, 6.45) is 2.33. The fourth-order valence-corrected chi connectivity index (χ4v) is 4.66. The van der Waals surface area contributed by atoms with E-state index in [4.69, 9.17) is 11.6 Å². The van der Waals surface area contributed by atoms with Crippen LogP contribution in [-0.4, -0.2) is 71.5 Å². The third kappa shape index (κ3) is 4.79. The Morgan fingerprint density at radius 1 is 1.21 bits per heavy atom. The van der Waals surface area contributed by atoms with Crippen LogP contribution in [0.5, 0.6) is 0 Å². The summed E-state index contributed by atoms with van der Waals surface area (Å²) in [5.41, 5.74) is 0.698. The van der Waals surface area contributed by atoms with Crippen molar-refractivity contribution in [2.45, 2.75) is 35.4 Å². The van der Waals surface area contributed by atoms with Gasteiger partial charge in [0.1, 0.15) is 0 Å². The molecule has 0 spiro atoms. The summed E-state index contributed by atoms with van der Waals surface area (Å²) < 4.78 is 0. The van der Waals surface area contributed by atoms with Crippen molar-refractivity contribution in [3.8, 4) is 0 Å². The van der Waals surface area contributed by atoms with E-state index in [1.807, 2.05) is 6.07 Å². The number of thioether (sulfide) groups is 1. The maximum absolute atomic E-state index is 12.7. The minimum Gasteiger partial charge on any atom is -0.352 e. The van der Waals surface area contributed by atoms with Gasteiger partial charge >= 0.3 is 0 Å². The van der Waals surface area contributed by atoms with Crippen LogP contribution < -0.4 is 10.6 Å². The van der Waals surface area contributed by atoms with E-state index in [-0.39, 0.29) is 24.1 Å². The fraction of sp³-hybridized carbons (Fsp3) is 0.526. The van der Waals surface area contributed by atoms with E-state index in [0.717, 1.165) is 17.7 Å². The Labute approximate surface area is 173 Å². The maximum Gasteiger partial charge on any atom is 0.238 e. The molecule has 0 bridgehead atoms. The molecule has 1 saturated heterocycles. The molecule has 1 aromatic rings. The van der Waals surface area contributed by atoms with Crippen LogP contribution in [0, 0.1) is 0 Å². The lowest BCUT2D eigenvalue weighted by atomic mass is 10.2. The predicted octanol–water partition coefficient (Wildman–Crippen LogP) is 1.57. The van der Waals surface area contributed by atoms with Crippen molar-refractivity contribution < 1.29 is 14.4 Å². The van der Waals surface area contributed by atoms with Crippen molar-refractivity contribution in [2.75, 3.05) is 38.0 Å². The van der Waals surface area contributed by atoms with Crippen LogP contribution in [0.2, 0.25) is 5.02 Å². The topological polar surface area (TPSA) is 81.8 Å². The van der Waals surface area contributed by atoms with Gasteiger partial charge in [-0.15, -0.1) is 11.8 Å². The van der Waals surface area contributed by atoms with Gasteiger partial charge in [-0.2, -0.15) is 0 Å². The number of carbonyl (C=O) groups is 3. The Kier molecular flexibility index (Phi) is 5.80. The first kappa shape index (κ1) is 19.5. The van der Waals surface area contributed by atoms with Crippen LogP contribution in [0.4, 0.5) is 5.69 Å². The van der Waals surface area contributed by atoms with Crippen molar-refractivity contribution in [2.24, 2.45) is 0 Å². The summed E-state index contributed by atoms with van der Waals surface area (Å²) in [6, 6.07) is 5.74. The average molecular weight is 423 g/mol. The summed E-state index contributed by atoms with van der Waals surface area (Å²) in [6.45, 7) is 2.91. The number of piperazine rings is 1. The van der Waals surface area contributed by atoms with E-state index in [9.17, 15) is 14.4 Å². The molecule has 1 atom stereocenters. The number of hydrogen-bond acceptors (Lipinski definition) is 5. The van der Waals surface area contributed by atoms with Crippen LogP contribution in [0.25, 0.3) is 0 Å². The molecule has 1 unspecified atom stereocenters. The fourth-order valence-electron chi connectivity index (χ4n) is 3.40. The second-order valence-electron chi connectivity index (χ2n) is 7.44. The molecule has 2 heterocycles. The van der Waals surface area contributed by atoms with Crippen molar-refractivity contribution in [1.29, 1.82) is 0 Å². The van der Waals surface area contributed by atoms with Gasteiger partial charge in [0.15, 0.2) is 0 Å². The molecule has 2 fully saturated rings. The first-order valence-electron chi connectivity index (χ1n) is 9.54. The largest absolute Gasteiger partial charge is 0.352 e. The zero-order valence-electron chi connectivity index (χ0n) is 15.4. The lowest BCUT2D eigenvalue weighted by Crippen LogP contribution is -2.52. The number of amides is 3. The lowest BCUT2D eigenvalue weighted by Gasteiger charge is -2.35. The third-order valence-electron chi connectivity index (χ3n) is 5.16. The summed E-state index contributed by atoms with van der Waals surface area (Å²) in [5, 5.41) is 5.96. The number of fused-ring (bicyclic) bond motifs is 1. The minimum atomic E-state index is -0.441. The maximum atomic E-state index is 12.7. The second-order valence-corrected chi connectivity index (χ2v) is 9.12. The van der Waals surface area contributed by atoms with Crippen molar-refractivity contribution in [3.63, 3.8) is 0 Å². The zero-order valence-corrected chi connectivity index (χ0v) is 17.0. The molecule has 1 aliphatic carbocycles. The quantitative estimate of drug-likeness (QED) is 0.752. The molecule has 1 aromatic carbocycles. The van der Waals surface area contributed by atoms with Gasteiger partial charge in [-0.1, -0.05) is 11.6 Å². The number of halogens is 1. The van der Waals surface area contributed by atoms with Crippen LogP contribution in [0.15, 0.2) is 23.1 Å². The smallest absolute Gasteiger partial charge is 0.238 e. The van der Waals surface area contributed by atoms with E-state index in [2.05, 4.69) is 15.5 Å². The molecule has 9 heteroatoms. The van der Waals surface area contributed by atoms with Gasteiger partial charge in [0.2, 0.25) is 17.7 Å². The molecule has 3 aliphatic rings. The third-order valence-corrected chi connectivity index (χ3v) is 6.67. The summed E-state index contributed by atoms with van der Waals surface area (Å²) >= 11 is 7.37. The SMILES string of the molecule is O=C(CN1CCN(C(=O)CC2Sc3ccc(Cl)cc3NC2=O)CC1)NC1CC1. The molecule has 28 heavy (non-hydrogen) atoms. The monoisotopic (exact) mass is 422 g/mol. The molecule has 4 rings (SSSR count). The number of benzene rings is 1. The van der Waals surface area contributed by atoms with Crippen LogP contribution in [0.1, 0.15) is 19.3 Å². The zero-order chi connectivity index (χ0) is 19.7. The molecule has 7 nitrogen and oxygen atoms in total. The molecule has 1 saturated carbocycles. The molecule has 2 aliphatic heterocycles. The number of nitrogens with zero attached hydrogens (tertiary/aromatic N) is 2. The standard InChI is InChI=1S/C19H23ClN4O3S/c20-12-1-4-15-14(9-12)22-19(27)16(28-15)10-18(26)24-7-5-23(6-8-24)11-17(25)21-13-2-3-13/h1,4,9,13,16H,2-3,5-8,10-11H2,(H,21,25)(H,22,27). The highest BCUT2D eigenvalue weighted by Gasteiger charge is 2.32. The van der Waals surface area contributed by atoms with Gasteiger partial charge in [0, 0.05) is 48.6 Å². The Balaban J connectivity index is 1.26. The van der Waals surface area contributed by atoms with E-state index in [0.29, 0.717) is 49.5 Å². The van der Waals surface area contributed by atoms with Crippen molar-refractivity contribution in [1.82, 2.24) is 15.1 Å². The minimum absolute atomic E-state index is 0.0212. The van der Waals surface area contributed by atoms with E-state index >= 15 is 0 Å². The van der Waals surface area contributed by atoms with Crippen molar-refractivity contribution >= 4 is 46.8 Å². The highest BCUT2D eigenvalue weighted by Crippen LogP contribution is 2.38. The Bertz CT molecular complexity index is 793. The van der Waals surface area contributed by atoms with Crippen molar-refractivity contribution in [3.05, 3.63) is 23.2 Å². The Morgan fingerprint density at radius 3 is 2.68 bits per heavy atom. The van der Waals surface area contributed by atoms with E-state index in [1.54, 1.807) is 17.0 Å². The summed E-state index contributed by atoms with van der Waals surface area (Å²) in [7, 11) is 0. The normalized spacial score (nSPS) is 22.4. The molecular weight excluding hydrogens is 400 g/mol. The number of nitrogens with one attached hydrogen (secondary N) is 2. The van der Waals surface area contributed by atoms with E-state index < -0.39 is 5.25 Å². The Hall–Kier alpha value is -1.77. The highest BCUT2D eigenvalue weighted by molar-refractivity contribution is 8.01. The molecular formula is C19H23ClN4O3S. The summed E-state index contributed by atoms with van der Waals surface area (Å²) in [5.74, 6) is -0.119. The Morgan fingerprint density at radius 2 is 1.96 bits per heavy atom. The molecule has 0 aromatic heterocycles. The van der Waals surface area contributed by atoms with Gasteiger partial charge < -0.3 is 15.5 Å². The second kappa shape index (κ2) is 8.31. The molecule has 3 amide bonds. The van der Waals surface area contributed by atoms with E-state index in [1.165, 1.54) is 11.8 Å². The number of carbonyl (C=O) groups excluding carboxylic acids is 3. The first-order valence-corrected chi connectivity index (χ1v) is 10.8. The molecule has 2 N–H and O–H groups in total. The van der Waals surface area contributed by atoms with Crippen LogP contribution >= 0.6 is 23.4 Å². The predicted molar refractivity (Wildman–Crippen MR) is 109 cm³/mol. The number of rotatable bonds is 5. The van der Waals surface area contributed by atoms with Gasteiger partial charge in [-0.3, -0.25) is 19.3 Å². The van der Waals surface area contributed by atoms with Crippen LogP contribution in [-0.2, 0) is 14.4 Å². The van der Waals surface area contributed by atoms with Gasteiger partial charge in [-0.05, 0) is 31.0 Å². The van der Waals surface area contributed by atoms with Gasteiger partial charge in [-0.25, -0.2) is 0 Å². The lowest BCUT2D eigenvalue weighted by molar-refractivity contribution is -0.134. The van der Waals surface area contributed by atoms with Gasteiger partial charge in [0.05, 0.1) is 17.5 Å².